The second kappa shape index (κ2) is 12.0. The van der Waals surface area contributed by atoms with Gasteiger partial charge in [-0.15, -0.1) is 0 Å². The summed E-state index contributed by atoms with van der Waals surface area (Å²) in [5, 5.41) is 121. The topological polar surface area (TPSA) is 339 Å². The molecule has 1 heterocycles. The Hall–Kier alpha value is -6.34. The molecule has 0 spiro atoms. The van der Waals surface area contributed by atoms with E-state index in [1.165, 1.54) is 0 Å². The number of ether oxygens (including phenoxy) is 3. The van der Waals surface area contributed by atoms with Gasteiger partial charge in [0.25, 0.3) is 0 Å². The maximum absolute atomic E-state index is 13.5. The fourth-order valence-electron chi connectivity index (χ4n) is 4.35. The number of carbonyl (C=O) groups excluding carboxylic acids is 3. The first kappa shape index (κ1) is 32.6. The molecule has 0 saturated carbocycles. The van der Waals surface area contributed by atoms with E-state index in [1.807, 2.05) is 0 Å². The van der Waals surface area contributed by atoms with Gasteiger partial charge in [0.15, 0.2) is 58.6 Å². The number of aliphatic hydroxyl groups excluding tert-OH is 2. The Morgan fingerprint density at radius 3 is 1.63 bits per heavy atom. The zero-order chi connectivity index (χ0) is 34.4. The number of carbonyl (C=O) groups is 4. The van der Waals surface area contributed by atoms with Crippen LogP contribution in [0.15, 0.2) is 24.3 Å². The summed E-state index contributed by atoms with van der Waals surface area (Å²) in [5.74, 6) is -17.9. The number of phenols is 9. The summed E-state index contributed by atoms with van der Waals surface area (Å²) < 4.78 is 15.3. The first-order valence-corrected chi connectivity index (χ1v) is 12.4. The standard InChI is InChI=1S/C27H22O19/c28-9-1-6(2-10(29)16(9)32)25(41)45-13-5-44-26(42)7-3-11(30)17(33)19(35)14(7)15-8(4-12(31)18(34)20(15)36)27(43)46-23(13)21(37)22(38)24(39)40/h1-4,13,21-23,28-38H,5H2,(H,39,40)/t13-,21+,22+,23-/m0/s1. The van der Waals surface area contributed by atoms with Gasteiger partial charge in [-0.3, -0.25) is 0 Å². The highest BCUT2D eigenvalue weighted by molar-refractivity contribution is 6.08. The highest BCUT2D eigenvalue weighted by Crippen LogP contribution is 2.52. The van der Waals surface area contributed by atoms with E-state index in [1.54, 1.807) is 0 Å². The van der Waals surface area contributed by atoms with Crippen molar-refractivity contribution < 1.29 is 94.7 Å². The molecule has 1 aliphatic rings. The average Bonchev–Trinajstić information content (AvgIpc) is 3.01. The van der Waals surface area contributed by atoms with Crippen molar-refractivity contribution in [1.29, 1.82) is 0 Å². The van der Waals surface area contributed by atoms with Gasteiger partial charge in [0.1, 0.15) is 12.7 Å². The number of carboxylic acid groups (broad SMARTS) is 1. The Balaban J connectivity index is 1.96. The molecule has 46 heavy (non-hydrogen) atoms. The number of fused-ring (bicyclic) bond motifs is 3. The Morgan fingerprint density at radius 2 is 1.15 bits per heavy atom. The number of carboxylic acids is 1. The van der Waals surface area contributed by atoms with Crippen LogP contribution in [0.3, 0.4) is 0 Å². The van der Waals surface area contributed by atoms with Gasteiger partial charge in [-0.1, -0.05) is 0 Å². The molecule has 3 aromatic carbocycles. The average molecular weight is 650 g/mol. The second-order valence-electron chi connectivity index (χ2n) is 9.58. The Kier molecular flexibility index (Phi) is 8.48. The van der Waals surface area contributed by atoms with Gasteiger partial charge in [-0.2, -0.15) is 0 Å². The molecule has 12 N–H and O–H groups in total. The molecule has 19 heteroatoms. The van der Waals surface area contributed by atoms with E-state index in [0.717, 1.165) is 0 Å². The lowest BCUT2D eigenvalue weighted by Gasteiger charge is -2.31. The number of hydrogen-bond acceptors (Lipinski definition) is 18. The summed E-state index contributed by atoms with van der Waals surface area (Å²) in [6.07, 6.45) is -10.3. The van der Waals surface area contributed by atoms with Gasteiger partial charge >= 0.3 is 23.9 Å². The zero-order valence-electron chi connectivity index (χ0n) is 22.6. The Bertz CT molecular complexity index is 1760. The fourth-order valence-corrected chi connectivity index (χ4v) is 4.35. The van der Waals surface area contributed by atoms with Crippen molar-refractivity contribution >= 4 is 23.9 Å². The summed E-state index contributed by atoms with van der Waals surface area (Å²) in [4.78, 5) is 51.3. The van der Waals surface area contributed by atoms with E-state index in [4.69, 9.17) is 14.2 Å². The monoisotopic (exact) mass is 650 g/mol. The van der Waals surface area contributed by atoms with Crippen LogP contribution in [0.2, 0.25) is 0 Å². The first-order valence-electron chi connectivity index (χ1n) is 12.4. The summed E-state index contributed by atoms with van der Waals surface area (Å²) in [6.45, 7) is -1.29. The van der Waals surface area contributed by atoms with Crippen LogP contribution in [0.5, 0.6) is 51.7 Å². The molecule has 0 bridgehead atoms. The molecule has 244 valence electrons. The van der Waals surface area contributed by atoms with Crippen LogP contribution in [-0.4, -0.2) is 116 Å². The van der Waals surface area contributed by atoms with Crippen LogP contribution in [0.1, 0.15) is 31.1 Å². The lowest BCUT2D eigenvalue weighted by molar-refractivity contribution is -0.165. The van der Waals surface area contributed by atoms with Crippen LogP contribution < -0.4 is 0 Å². The number of cyclic esters (lactones) is 2. The van der Waals surface area contributed by atoms with Crippen molar-refractivity contribution in [3.63, 3.8) is 0 Å². The highest BCUT2D eigenvalue weighted by atomic mass is 16.6. The van der Waals surface area contributed by atoms with E-state index in [9.17, 15) is 80.5 Å². The number of esters is 3. The SMILES string of the molecule is O=C(O[C@H]1COC(=O)c2cc(O)c(O)c(O)c2-c2c(cc(O)c(O)c2O)C(=O)O[C@@H]1[C@H](O)[C@@H](O)C(=O)O)c1cc(O)c(O)c(O)c1. The molecule has 1 aliphatic heterocycles. The predicted molar refractivity (Wildman–Crippen MR) is 142 cm³/mol. The lowest BCUT2D eigenvalue weighted by atomic mass is 9.92. The van der Waals surface area contributed by atoms with E-state index in [2.05, 4.69) is 0 Å². The third-order valence-corrected chi connectivity index (χ3v) is 6.66. The molecule has 0 radical (unpaired) electrons. The maximum Gasteiger partial charge on any atom is 0.339 e. The van der Waals surface area contributed by atoms with Crippen LogP contribution in [-0.2, 0) is 19.0 Å². The zero-order valence-corrected chi connectivity index (χ0v) is 22.6. The number of aliphatic carboxylic acids is 1. The van der Waals surface area contributed by atoms with Crippen LogP contribution in [0.4, 0.5) is 0 Å². The van der Waals surface area contributed by atoms with Crippen molar-refractivity contribution in [3.8, 4) is 62.9 Å². The number of rotatable bonds is 5. The molecule has 19 nitrogen and oxygen atoms in total. The van der Waals surface area contributed by atoms with E-state index in [0.29, 0.717) is 24.3 Å². The first-order chi connectivity index (χ1) is 21.5. The Morgan fingerprint density at radius 1 is 0.696 bits per heavy atom. The number of hydrogen-bond donors (Lipinski definition) is 12. The minimum absolute atomic E-state index is 0.406. The van der Waals surface area contributed by atoms with Crippen LogP contribution in [0, 0.1) is 0 Å². The molecule has 4 atom stereocenters. The van der Waals surface area contributed by atoms with Crippen molar-refractivity contribution in [2.45, 2.75) is 24.4 Å². The predicted octanol–water partition coefficient (Wildman–Crippen LogP) is -0.568. The largest absolute Gasteiger partial charge is 0.504 e. The molecule has 0 saturated heterocycles. The van der Waals surface area contributed by atoms with Crippen molar-refractivity contribution in [2.75, 3.05) is 6.61 Å². The van der Waals surface area contributed by atoms with Gasteiger partial charge in [0.05, 0.1) is 16.7 Å². The lowest BCUT2D eigenvalue weighted by Crippen LogP contribution is -2.52. The van der Waals surface area contributed by atoms with Gasteiger partial charge in [0, 0.05) is 11.1 Å². The van der Waals surface area contributed by atoms with Crippen molar-refractivity contribution in [3.05, 3.63) is 41.0 Å². The van der Waals surface area contributed by atoms with E-state index < -0.39 is 134 Å². The molecular weight excluding hydrogens is 628 g/mol. The molecular formula is C27H22O19. The number of phenolic OH excluding ortho intramolecular Hbond substituents is 9. The van der Waals surface area contributed by atoms with E-state index >= 15 is 0 Å². The number of aromatic hydroxyl groups is 9. The number of aliphatic hydroxyl groups is 2. The normalized spacial score (nSPS) is 17.7. The van der Waals surface area contributed by atoms with Gasteiger partial charge in [-0.05, 0) is 24.3 Å². The minimum atomic E-state index is -2.79. The van der Waals surface area contributed by atoms with Crippen molar-refractivity contribution in [2.24, 2.45) is 0 Å². The van der Waals surface area contributed by atoms with Gasteiger partial charge < -0.3 is 75.5 Å². The van der Waals surface area contributed by atoms with Gasteiger partial charge in [-0.25, -0.2) is 19.2 Å². The molecule has 0 unspecified atom stereocenters. The molecule has 0 fully saturated rings. The third kappa shape index (κ3) is 5.65. The summed E-state index contributed by atoms with van der Waals surface area (Å²) in [6, 6.07) is 2.05. The van der Waals surface area contributed by atoms with E-state index in [-0.39, 0.29) is 0 Å². The highest BCUT2D eigenvalue weighted by Gasteiger charge is 2.44. The van der Waals surface area contributed by atoms with Gasteiger partial charge in [0.2, 0.25) is 11.5 Å². The van der Waals surface area contributed by atoms with Crippen molar-refractivity contribution in [1.82, 2.24) is 0 Å². The molecule has 0 aromatic heterocycles. The third-order valence-electron chi connectivity index (χ3n) is 6.66. The quantitative estimate of drug-likeness (QED) is 0.0934. The molecule has 0 amide bonds. The summed E-state index contributed by atoms with van der Waals surface area (Å²) in [5.41, 5.74) is -4.75. The molecule has 0 aliphatic carbocycles. The Labute approximate surface area is 253 Å². The smallest absolute Gasteiger partial charge is 0.339 e. The summed E-state index contributed by atoms with van der Waals surface area (Å²) >= 11 is 0. The van der Waals surface area contributed by atoms with Crippen LogP contribution in [0.25, 0.3) is 11.1 Å². The second-order valence-corrected chi connectivity index (χ2v) is 9.58. The van der Waals surface area contributed by atoms with Crippen LogP contribution >= 0.6 is 0 Å². The molecule has 4 rings (SSSR count). The summed E-state index contributed by atoms with van der Waals surface area (Å²) in [7, 11) is 0. The maximum atomic E-state index is 13.5. The number of benzene rings is 3. The molecule has 3 aromatic rings. The minimum Gasteiger partial charge on any atom is -0.504 e. The fraction of sp³-hybridized carbons (Fsp3) is 0.185.